The second-order valence-electron chi connectivity index (χ2n) is 4.72. The lowest BCUT2D eigenvalue weighted by atomic mass is 10.1. The van der Waals surface area contributed by atoms with Gasteiger partial charge in [0.1, 0.15) is 0 Å². The Kier molecular flexibility index (Phi) is 3.91. The number of benzene rings is 1. The van der Waals surface area contributed by atoms with Crippen molar-refractivity contribution in [3.05, 3.63) is 29.8 Å². The highest BCUT2D eigenvalue weighted by Crippen LogP contribution is 2.15. The van der Waals surface area contributed by atoms with Crippen LogP contribution < -0.4 is 0 Å². The standard InChI is InChI=1S/C13H17NO4S/c1-10-9-18-8-7-14(10)13(15)11-3-5-12(6-4-11)19(2,16)17/h3-6,10H,7-9H2,1-2H3/t10-/m1/s1. The van der Waals surface area contributed by atoms with Gasteiger partial charge in [0.15, 0.2) is 9.84 Å². The van der Waals surface area contributed by atoms with Crippen LogP contribution in [0.1, 0.15) is 17.3 Å². The van der Waals surface area contributed by atoms with E-state index in [2.05, 4.69) is 0 Å². The van der Waals surface area contributed by atoms with Gasteiger partial charge in [-0.1, -0.05) is 0 Å². The fourth-order valence-electron chi connectivity index (χ4n) is 2.04. The topological polar surface area (TPSA) is 63.7 Å². The Morgan fingerprint density at radius 3 is 2.47 bits per heavy atom. The predicted octanol–water partition coefficient (Wildman–Crippen LogP) is 0.951. The van der Waals surface area contributed by atoms with E-state index in [1.807, 2.05) is 6.92 Å². The molecule has 0 unspecified atom stereocenters. The summed E-state index contributed by atoms with van der Waals surface area (Å²) in [5.74, 6) is -0.0872. The van der Waals surface area contributed by atoms with Crippen molar-refractivity contribution in [1.82, 2.24) is 4.90 Å². The van der Waals surface area contributed by atoms with Gasteiger partial charge in [-0.3, -0.25) is 4.79 Å². The van der Waals surface area contributed by atoms with E-state index < -0.39 is 9.84 Å². The van der Waals surface area contributed by atoms with Crippen LogP contribution >= 0.6 is 0 Å². The van der Waals surface area contributed by atoms with Gasteiger partial charge in [-0.05, 0) is 31.2 Å². The van der Waals surface area contributed by atoms with E-state index in [1.54, 1.807) is 17.0 Å². The van der Waals surface area contributed by atoms with Gasteiger partial charge >= 0.3 is 0 Å². The van der Waals surface area contributed by atoms with E-state index in [9.17, 15) is 13.2 Å². The molecule has 0 spiro atoms. The smallest absolute Gasteiger partial charge is 0.254 e. The second kappa shape index (κ2) is 5.30. The minimum Gasteiger partial charge on any atom is -0.377 e. The van der Waals surface area contributed by atoms with Gasteiger partial charge in [0.2, 0.25) is 0 Å². The maximum Gasteiger partial charge on any atom is 0.254 e. The molecule has 1 aliphatic rings. The Morgan fingerprint density at radius 2 is 1.95 bits per heavy atom. The lowest BCUT2D eigenvalue weighted by molar-refractivity contribution is 0.00359. The first-order chi connectivity index (χ1) is 8.89. The predicted molar refractivity (Wildman–Crippen MR) is 70.9 cm³/mol. The van der Waals surface area contributed by atoms with Crippen LogP contribution in [-0.2, 0) is 14.6 Å². The van der Waals surface area contributed by atoms with Crippen LogP contribution in [0, 0.1) is 0 Å². The van der Waals surface area contributed by atoms with E-state index in [0.717, 1.165) is 6.26 Å². The fraction of sp³-hybridized carbons (Fsp3) is 0.462. The summed E-state index contributed by atoms with van der Waals surface area (Å²) in [5.41, 5.74) is 0.501. The first-order valence-corrected chi connectivity index (χ1v) is 7.97. The lowest BCUT2D eigenvalue weighted by Crippen LogP contribution is -2.47. The highest BCUT2D eigenvalue weighted by atomic mass is 32.2. The van der Waals surface area contributed by atoms with Crippen molar-refractivity contribution < 1.29 is 17.9 Å². The van der Waals surface area contributed by atoms with Crippen LogP contribution in [0.3, 0.4) is 0 Å². The van der Waals surface area contributed by atoms with E-state index >= 15 is 0 Å². The van der Waals surface area contributed by atoms with Crippen LogP contribution in [0.25, 0.3) is 0 Å². The SMILES string of the molecule is C[C@@H]1COCCN1C(=O)c1ccc(S(C)(=O)=O)cc1. The number of hydrogen-bond acceptors (Lipinski definition) is 4. The van der Waals surface area contributed by atoms with Crippen molar-refractivity contribution in [3.63, 3.8) is 0 Å². The van der Waals surface area contributed by atoms with Gasteiger partial charge in [0, 0.05) is 18.4 Å². The zero-order valence-electron chi connectivity index (χ0n) is 11.0. The molecule has 0 aromatic heterocycles. The summed E-state index contributed by atoms with van der Waals surface area (Å²) in [7, 11) is -3.23. The number of hydrogen-bond donors (Lipinski definition) is 0. The number of carbonyl (C=O) groups is 1. The maximum atomic E-state index is 12.3. The third kappa shape index (κ3) is 3.13. The van der Waals surface area contributed by atoms with Crippen LogP contribution in [0.2, 0.25) is 0 Å². The summed E-state index contributed by atoms with van der Waals surface area (Å²) in [6.45, 7) is 3.57. The monoisotopic (exact) mass is 283 g/mol. The largest absolute Gasteiger partial charge is 0.377 e. The molecular formula is C13H17NO4S. The molecule has 1 aromatic carbocycles. The highest BCUT2D eigenvalue weighted by molar-refractivity contribution is 7.90. The van der Waals surface area contributed by atoms with Gasteiger partial charge < -0.3 is 9.64 Å². The van der Waals surface area contributed by atoms with Gasteiger partial charge in [0.05, 0.1) is 24.2 Å². The van der Waals surface area contributed by atoms with Crippen LogP contribution in [0.5, 0.6) is 0 Å². The van der Waals surface area contributed by atoms with Crippen LogP contribution in [0.4, 0.5) is 0 Å². The molecule has 1 fully saturated rings. The highest BCUT2D eigenvalue weighted by Gasteiger charge is 2.24. The molecule has 0 bridgehead atoms. The minimum atomic E-state index is -3.23. The van der Waals surface area contributed by atoms with Gasteiger partial charge in [-0.15, -0.1) is 0 Å². The zero-order chi connectivity index (χ0) is 14.0. The molecular weight excluding hydrogens is 266 g/mol. The first-order valence-electron chi connectivity index (χ1n) is 6.08. The fourth-order valence-corrected chi connectivity index (χ4v) is 2.67. The molecule has 0 aliphatic carbocycles. The normalized spacial score (nSPS) is 20.3. The van der Waals surface area contributed by atoms with Crippen molar-refractivity contribution in [2.24, 2.45) is 0 Å². The average Bonchev–Trinajstić information content (AvgIpc) is 2.38. The maximum absolute atomic E-state index is 12.3. The van der Waals surface area contributed by atoms with E-state index in [1.165, 1.54) is 12.1 Å². The van der Waals surface area contributed by atoms with E-state index in [-0.39, 0.29) is 16.8 Å². The molecule has 1 amide bonds. The lowest BCUT2D eigenvalue weighted by Gasteiger charge is -2.33. The third-order valence-electron chi connectivity index (χ3n) is 3.16. The molecule has 1 aromatic rings. The number of morpholine rings is 1. The molecule has 1 heterocycles. The summed E-state index contributed by atoms with van der Waals surface area (Å²) in [4.78, 5) is 14.3. The summed E-state index contributed by atoms with van der Waals surface area (Å²) in [6, 6.07) is 6.08. The number of nitrogens with zero attached hydrogens (tertiary/aromatic N) is 1. The Balaban J connectivity index is 2.20. The molecule has 0 radical (unpaired) electrons. The first kappa shape index (κ1) is 14.0. The van der Waals surface area contributed by atoms with Crippen molar-refractivity contribution in [2.45, 2.75) is 17.9 Å². The van der Waals surface area contributed by atoms with Crippen LogP contribution in [-0.4, -0.2) is 51.3 Å². The Morgan fingerprint density at radius 1 is 1.32 bits per heavy atom. The Labute approximate surface area is 113 Å². The molecule has 19 heavy (non-hydrogen) atoms. The molecule has 1 atom stereocenters. The van der Waals surface area contributed by atoms with E-state index in [0.29, 0.717) is 25.3 Å². The summed E-state index contributed by atoms with van der Waals surface area (Å²) >= 11 is 0. The molecule has 2 rings (SSSR count). The molecule has 1 saturated heterocycles. The van der Waals surface area contributed by atoms with Crippen molar-refractivity contribution in [3.8, 4) is 0 Å². The number of carbonyl (C=O) groups excluding carboxylic acids is 1. The third-order valence-corrected chi connectivity index (χ3v) is 4.29. The van der Waals surface area contributed by atoms with Crippen molar-refractivity contribution >= 4 is 15.7 Å². The molecule has 104 valence electrons. The Bertz CT molecular complexity index is 565. The summed E-state index contributed by atoms with van der Waals surface area (Å²) in [5, 5.41) is 0. The molecule has 5 nitrogen and oxygen atoms in total. The van der Waals surface area contributed by atoms with E-state index in [4.69, 9.17) is 4.74 Å². The van der Waals surface area contributed by atoms with Gasteiger partial charge in [-0.2, -0.15) is 0 Å². The molecule has 0 saturated carbocycles. The van der Waals surface area contributed by atoms with Crippen molar-refractivity contribution in [2.75, 3.05) is 26.0 Å². The second-order valence-corrected chi connectivity index (χ2v) is 6.73. The number of amides is 1. The van der Waals surface area contributed by atoms with Gasteiger partial charge in [-0.25, -0.2) is 8.42 Å². The Hall–Kier alpha value is -1.40. The molecule has 0 N–H and O–H groups in total. The minimum absolute atomic E-state index is 0.0378. The number of ether oxygens (including phenoxy) is 1. The quantitative estimate of drug-likeness (QED) is 0.810. The average molecular weight is 283 g/mol. The number of sulfone groups is 1. The molecule has 1 aliphatic heterocycles. The molecule has 6 heteroatoms. The number of rotatable bonds is 2. The van der Waals surface area contributed by atoms with Crippen molar-refractivity contribution in [1.29, 1.82) is 0 Å². The summed E-state index contributed by atoms with van der Waals surface area (Å²) < 4.78 is 28.0. The zero-order valence-corrected chi connectivity index (χ0v) is 11.8. The van der Waals surface area contributed by atoms with Crippen LogP contribution in [0.15, 0.2) is 29.2 Å². The van der Waals surface area contributed by atoms with Gasteiger partial charge in [0.25, 0.3) is 5.91 Å². The summed E-state index contributed by atoms with van der Waals surface area (Å²) in [6.07, 6.45) is 1.15.